The summed E-state index contributed by atoms with van der Waals surface area (Å²) in [6.07, 6.45) is 0. The fourth-order valence-electron chi connectivity index (χ4n) is 3.72. The van der Waals surface area contributed by atoms with Gasteiger partial charge in [-0.25, -0.2) is 0 Å². The fraction of sp³-hybridized carbons (Fsp3) is 0.214. The van der Waals surface area contributed by atoms with E-state index >= 15 is 0 Å². The van der Waals surface area contributed by atoms with Crippen LogP contribution in [0.25, 0.3) is 10.8 Å². The first-order chi connectivity index (χ1) is 15.7. The van der Waals surface area contributed by atoms with Gasteiger partial charge in [0.1, 0.15) is 0 Å². The molecular weight excluding hydrogens is 396 g/mol. The van der Waals surface area contributed by atoms with Crippen LogP contribution in [-0.4, -0.2) is 13.2 Å². The van der Waals surface area contributed by atoms with Crippen molar-refractivity contribution in [2.75, 3.05) is 13.2 Å². The Labute approximate surface area is 189 Å². The minimum Gasteiger partial charge on any atom is -0.375 e. The molecule has 0 amide bonds. The van der Waals surface area contributed by atoms with Gasteiger partial charge in [0.2, 0.25) is 0 Å². The van der Waals surface area contributed by atoms with Crippen molar-refractivity contribution in [3.8, 4) is 0 Å². The third-order valence-corrected chi connectivity index (χ3v) is 5.56. The van der Waals surface area contributed by atoms with E-state index in [9.17, 15) is 0 Å². The fourth-order valence-corrected chi connectivity index (χ4v) is 3.72. The molecule has 32 heavy (non-hydrogen) atoms. The minimum absolute atomic E-state index is 0.116. The Hall–Kier alpha value is -3.02. The average Bonchev–Trinajstić information content (AvgIpc) is 2.85. The van der Waals surface area contributed by atoms with Crippen LogP contribution in [0.1, 0.15) is 34.3 Å². The van der Waals surface area contributed by atoms with Gasteiger partial charge in [-0.2, -0.15) is 0 Å². The lowest BCUT2D eigenvalue weighted by molar-refractivity contribution is 0.108. The molecule has 4 aromatic rings. The van der Waals surface area contributed by atoms with Gasteiger partial charge in [0, 0.05) is 0 Å². The van der Waals surface area contributed by atoms with Crippen LogP contribution < -0.4 is 11.5 Å². The van der Waals surface area contributed by atoms with Crippen LogP contribution in [0.15, 0.2) is 97.1 Å². The molecule has 2 unspecified atom stereocenters. The Balaban J connectivity index is 1.28. The topological polar surface area (TPSA) is 70.5 Å². The van der Waals surface area contributed by atoms with E-state index in [0.717, 1.165) is 22.3 Å². The van der Waals surface area contributed by atoms with E-state index in [1.807, 2.05) is 60.7 Å². The van der Waals surface area contributed by atoms with Gasteiger partial charge in [-0.05, 0) is 45.2 Å². The van der Waals surface area contributed by atoms with Gasteiger partial charge in [-0.1, -0.05) is 84.9 Å². The molecule has 4 N–H and O–H groups in total. The van der Waals surface area contributed by atoms with Crippen molar-refractivity contribution >= 4 is 10.8 Å². The molecule has 0 aromatic heterocycles. The highest BCUT2D eigenvalue weighted by Gasteiger charge is 2.07. The third-order valence-electron chi connectivity index (χ3n) is 5.56. The molecule has 0 aliphatic rings. The van der Waals surface area contributed by atoms with Crippen molar-refractivity contribution in [3.05, 3.63) is 119 Å². The van der Waals surface area contributed by atoms with Crippen LogP contribution in [0.5, 0.6) is 0 Å². The first-order valence-corrected chi connectivity index (χ1v) is 11.0. The van der Waals surface area contributed by atoms with Crippen LogP contribution >= 0.6 is 0 Å². The molecule has 0 aliphatic heterocycles. The molecule has 0 heterocycles. The van der Waals surface area contributed by atoms with Crippen molar-refractivity contribution in [3.63, 3.8) is 0 Å². The normalized spacial score (nSPS) is 13.2. The summed E-state index contributed by atoms with van der Waals surface area (Å²) in [5, 5.41) is 2.37. The van der Waals surface area contributed by atoms with Crippen LogP contribution in [0.2, 0.25) is 0 Å². The van der Waals surface area contributed by atoms with E-state index in [1.54, 1.807) is 0 Å². The van der Waals surface area contributed by atoms with Crippen LogP contribution in [0, 0.1) is 0 Å². The summed E-state index contributed by atoms with van der Waals surface area (Å²) in [4.78, 5) is 0. The second-order valence-electron chi connectivity index (χ2n) is 8.08. The molecule has 0 saturated carbocycles. The van der Waals surface area contributed by atoms with Crippen molar-refractivity contribution < 1.29 is 9.47 Å². The molecule has 4 rings (SSSR count). The molecule has 0 spiro atoms. The van der Waals surface area contributed by atoms with Gasteiger partial charge in [0.25, 0.3) is 0 Å². The predicted molar refractivity (Wildman–Crippen MR) is 130 cm³/mol. The molecule has 4 aromatic carbocycles. The summed E-state index contributed by atoms with van der Waals surface area (Å²) < 4.78 is 11.7. The van der Waals surface area contributed by atoms with Crippen molar-refractivity contribution in [1.29, 1.82) is 0 Å². The van der Waals surface area contributed by atoms with Crippen LogP contribution in [0.4, 0.5) is 0 Å². The summed E-state index contributed by atoms with van der Waals surface area (Å²) in [6, 6.07) is 32.6. The number of nitrogens with two attached hydrogens (primary N) is 2. The Kier molecular flexibility index (Phi) is 7.64. The lowest BCUT2D eigenvalue weighted by Crippen LogP contribution is -2.17. The third kappa shape index (κ3) is 6.02. The Morgan fingerprint density at radius 3 is 1.34 bits per heavy atom. The summed E-state index contributed by atoms with van der Waals surface area (Å²) in [5.74, 6) is 0. The van der Waals surface area contributed by atoms with Gasteiger partial charge < -0.3 is 20.9 Å². The second kappa shape index (κ2) is 11.0. The molecule has 0 aliphatic carbocycles. The lowest BCUT2D eigenvalue weighted by Gasteiger charge is -2.13. The number of hydrogen-bond acceptors (Lipinski definition) is 4. The summed E-state index contributed by atoms with van der Waals surface area (Å²) in [5.41, 5.74) is 16.9. The first kappa shape index (κ1) is 22.2. The zero-order chi connectivity index (χ0) is 22.2. The summed E-state index contributed by atoms with van der Waals surface area (Å²) >= 11 is 0. The van der Waals surface area contributed by atoms with Gasteiger partial charge in [0.05, 0.1) is 38.5 Å². The lowest BCUT2D eigenvalue weighted by atomic mass is 10.0. The summed E-state index contributed by atoms with van der Waals surface area (Å²) in [7, 11) is 0. The summed E-state index contributed by atoms with van der Waals surface area (Å²) in [6.45, 7) is 2.06. The Morgan fingerprint density at radius 1 is 0.531 bits per heavy atom. The monoisotopic (exact) mass is 426 g/mol. The first-order valence-electron chi connectivity index (χ1n) is 11.0. The minimum atomic E-state index is -0.116. The number of rotatable bonds is 10. The van der Waals surface area contributed by atoms with Gasteiger partial charge in [-0.3, -0.25) is 0 Å². The van der Waals surface area contributed by atoms with E-state index in [-0.39, 0.29) is 12.1 Å². The average molecular weight is 427 g/mol. The Bertz CT molecular complexity index is 1030. The SMILES string of the molecule is NC(COCc1ccc2cc(COCC(N)c3ccccc3)ccc2c1)c1ccccc1. The molecule has 0 radical (unpaired) electrons. The van der Waals surface area contributed by atoms with Crippen LogP contribution in [-0.2, 0) is 22.7 Å². The van der Waals surface area contributed by atoms with Crippen molar-refractivity contribution in [2.24, 2.45) is 11.5 Å². The van der Waals surface area contributed by atoms with Crippen molar-refractivity contribution in [1.82, 2.24) is 0 Å². The molecule has 0 fully saturated rings. The number of hydrogen-bond donors (Lipinski definition) is 2. The maximum absolute atomic E-state index is 6.21. The van der Waals surface area contributed by atoms with Crippen molar-refractivity contribution in [2.45, 2.75) is 25.3 Å². The Morgan fingerprint density at radius 2 is 0.938 bits per heavy atom. The predicted octanol–water partition coefficient (Wildman–Crippen LogP) is 5.27. The number of ether oxygens (including phenoxy) is 2. The zero-order valence-electron chi connectivity index (χ0n) is 18.2. The van der Waals surface area contributed by atoms with E-state index in [4.69, 9.17) is 20.9 Å². The number of fused-ring (bicyclic) bond motifs is 1. The second-order valence-corrected chi connectivity index (χ2v) is 8.08. The number of benzene rings is 4. The molecule has 4 heteroatoms. The van der Waals surface area contributed by atoms with Gasteiger partial charge in [0.15, 0.2) is 0 Å². The van der Waals surface area contributed by atoms with Gasteiger partial charge >= 0.3 is 0 Å². The standard InChI is InChI=1S/C28H30N2O2/c29-27(23-7-3-1-4-8-23)19-31-17-21-11-13-26-16-22(12-14-25(26)15-21)18-32-20-28(30)24-9-5-2-6-10-24/h1-16,27-28H,17-20,29-30H2. The largest absolute Gasteiger partial charge is 0.375 e. The highest BCUT2D eigenvalue weighted by Crippen LogP contribution is 2.20. The molecule has 4 nitrogen and oxygen atoms in total. The maximum atomic E-state index is 6.21. The van der Waals surface area contributed by atoms with E-state index in [0.29, 0.717) is 26.4 Å². The molecule has 0 bridgehead atoms. The van der Waals surface area contributed by atoms with E-state index in [2.05, 4.69) is 36.4 Å². The van der Waals surface area contributed by atoms with Gasteiger partial charge in [-0.15, -0.1) is 0 Å². The molecule has 2 atom stereocenters. The van der Waals surface area contributed by atoms with E-state index < -0.39 is 0 Å². The zero-order valence-corrected chi connectivity index (χ0v) is 18.2. The molecule has 0 saturated heterocycles. The molecular formula is C28H30N2O2. The van der Waals surface area contributed by atoms with E-state index in [1.165, 1.54) is 10.8 Å². The maximum Gasteiger partial charge on any atom is 0.0718 e. The smallest absolute Gasteiger partial charge is 0.0718 e. The van der Waals surface area contributed by atoms with Crippen LogP contribution in [0.3, 0.4) is 0 Å². The quantitative estimate of drug-likeness (QED) is 0.362. The highest BCUT2D eigenvalue weighted by atomic mass is 16.5. The molecule has 164 valence electrons. The highest BCUT2D eigenvalue weighted by molar-refractivity contribution is 5.83.